The van der Waals surface area contributed by atoms with Gasteiger partial charge in [0.15, 0.2) is 0 Å². The fourth-order valence-electron chi connectivity index (χ4n) is 4.11. The standard InChI is InChI=1S/C23H26N2O5/c26-20(27)14-23(10-2-3-11-23)22(30)25-15-18(21(28)29)13-16-6-8-17(9-7-16)19-5-1-4-12-24-19/h1,4-9,12,18H,2-3,10-11,13-15H2,(H,25,30)(H,26,27)(H,28,29). The monoisotopic (exact) mass is 410 g/mol. The number of carbonyl (C=O) groups excluding carboxylic acids is 1. The van der Waals surface area contributed by atoms with Gasteiger partial charge >= 0.3 is 11.9 Å². The zero-order valence-corrected chi connectivity index (χ0v) is 16.7. The molecule has 0 spiro atoms. The zero-order chi connectivity index (χ0) is 21.6. The van der Waals surface area contributed by atoms with E-state index in [1.54, 1.807) is 6.20 Å². The van der Waals surface area contributed by atoms with E-state index < -0.39 is 23.3 Å². The lowest BCUT2D eigenvalue weighted by Gasteiger charge is -2.26. The van der Waals surface area contributed by atoms with E-state index in [2.05, 4.69) is 10.3 Å². The maximum Gasteiger partial charge on any atom is 0.308 e. The molecule has 158 valence electrons. The molecule has 0 saturated heterocycles. The van der Waals surface area contributed by atoms with Crippen LogP contribution >= 0.6 is 0 Å². The molecule has 1 fully saturated rings. The Morgan fingerprint density at radius 1 is 1.03 bits per heavy atom. The van der Waals surface area contributed by atoms with Crippen molar-refractivity contribution >= 4 is 17.8 Å². The molecule has 3 N–H and O–H groups in total. The number of aliphatic carboxylic acids is 2. The number of carboxylic acids is 2. The summed E-state index contributed by atoms with van der Waals surface area (Å²) in [6.45, 7) is -0.0302. The number of hydrogen-bond donors (Lipinski definition) is 3. The molecule has 0 bridgehead atoms. The minimum Gasteiger partial charge on any atom is -0.481 e. The van der Waals surface area contributed by atoms with Crippen LogP contribution in [0, 0.1) is 11.3 Å². The van der Waals surface area contributed by atoms with Crippen LogP contribution in [0.25, 0.3) is 11.3 Å². The van der Waals surface area contributed by atoms with E-state index in [0.29, 0.717) is 12.8 Å². The first-order valence-electron chi connectivity index (χ1n) is 10.1. The van der Waals surface area contributed by atoms with Crippen LogP contribution in [0.1, 0.15) is 37.7 Å². The summed E-state index contributed by atoms with van der Waals surface area (Å²) in [5, 5.41) is 21.5. The van der Waals surface area contributed by atoms with Crippen molar-refractivity contribution in [3.05, 3.63) is 54.2 Å². The van der Waals surface area contributed by atoms with E-state index in [-0.39, 0.29) is 25.3 Å². The van der Waals surface area contributed by atoms with E-state index in [1.807, 2.05) is 42.5 Å². The highest BCUT2D eigenvalue weighted by atomic mass is 16.4. The zero-order valence-electron chi connectivity index (χ0n) is 16.7. The van der Waals surface area contributed by atoms with Crippen molar-refractivity contribution in [2.75, 3.05) is 6.54 Å². The Labute approximate surface area is 175 Å². The summed E-state index contributed by atoms with van der Waals surface area (Å²) >= 11 is 0. The van der Waals surface area contributed by atoms with Crippen molar-refractivity contribution in [3.8, 4) is 11.3 Å². The summed E-state index contributed by atoms with van der Waals surface area (Å²) in [4.78, 5) is 39.9. The number of carbonyl (C=O) groups is 3. The van der Waals surface area contributed by atoms with Gasteiger partial charge in [-0.05, 0) is 37.0 Å². The van der Waals surface area contributed by atoms with Gasteiger partial charge in [0.25, 0.3) is 0 Å². The molecule has 1 heterocycles. The van der Waals surface area contributed by atoms with Gasteiger partial charge in [0, 0.05) is 18.3 Å². The van der Waals surface area contributed by atoms with Crippen LogP contribution in [-0.4, -0.2) is 39.6 Å². The Balaban J connectivity index is 1.63. The molecule has 0 radical (unpaired) electrons. The van der Waals surface area contributed by atoms with Gasteiger partial charge in [-0.3, -0.25) is 19.4 Å². The molecule has 7 heteroatoms. The highest BCUT2D eigenvalue weighted by Gasteiger charge is 2.43. The van der Waals surface area contributed by atoms with Crippen molar-refractivity contribution in [1.82, 2.24) is 10.3 Å². The van der Waals surface area contributed by atoms with Gasteiger partial charge in [-0.1, -0.05) is 43.2 Å². The first-order chi connectivity index (χ1) is 14.4. The molecule has 1 atom stereocenters. The lowest BCUT2D eigenvalue weighted by atomic mass is 9.81. The second-order valence-corrected chi connectivity index (χ2v) is 7.92. The molecule has 1 aliphatic rings. The van der Waals surface area contributed by atoms with E-state index >= 15 is 0 Å². The maximum absolute atomic E-state index is 12.7. The van der Waals surface area contributed by atoms with Crippen LogP contribution in [0.3, 0.4) is 0 Å². The molecule has 0 aliphatic heterocycles. The average molecular weight is 410 g/mol. The highest BCUT2D eigenvalue weighted by Crippen LogP contribution is 2.41. The summed E-state index contributed by atoms with van der Waals surface area (Å²) < 4.78 is 0. The fraction of sp³-hybridized carbons (Fsp3) is 0.391. The molecule has 1 aliphatic carbocycles. The number of pyridine rings is 1. The summed E-state index contributed by atoms with van der Waals surface area (Å²) in [6.07, 6.45) is 4.44. The molecule has 1 saturated carbocycles. The van der Waals surface area contributed by atoms with Gasteiger partial charge in [0.1, 0.15) is 0 Å². The van der Waals surface area contributed by atoms with Gasteiger partial charge in [-0.15, -0.1) is 0 Å². The smallest absolute Gasteiger partial charge is 0.308 e. The Morgan fingerprint density at radius 3 is 2.30 bits per heavy atom. The largest absolute Gasteiger partial charge is 0.481 e. The highest BCUT2D eigenvalue weighted by molar-refractivity contribution is 5.87. The predicted octanol–water partition coefficient (Wildman–Crippen LogP) is 3.14. The first kappa shape index (κ1) is 21.5. The normalized spacial score (nSPS) is 16.0. The third kappa shape index (κ3) is 5.23. The summed E-state index contributed by atoms with van der Waals surface area (Å²) in [6, 6.07) is 13.2. The second kappa shape index (κ2) is 9.52. The number of rotatable bonds is 9. The average Bonchev–Trinajstić information content (AvgIpc) is 3.20. The van der Waals surface area contributed by atoms with Crippen molar-refractivity contribution < 1.29 is 24.6 Å². The van der Waals surface area contributed by atoms with Gasteiger partial charge in [0.2, 0.25) is 5.91 Å². The lowest BCUT2D eigenvalue weighted by molar-refractivity contribution is -0.146. The van der Waals surface area contributed by atoms with Crippen LogP contribution in [0.2, 0.25) is 0 Å². The number of nitrogens with zero attached hydrogens (tertiary/aromatic N) is 1. The lowest BCUT2D eigenvalue weighted by Crippen LogP contribution is -2.44. The SMILES string of the molecule is O=C(O)CC1(C(=O)NCC(Cc2ccc(-c3ccccn3)cc2)C(=O)O)CCCC1. The van der Waals surface area contributed by atoms with Crippen LogP contribution in [-0.2, 0) is 20.8 Å². The molecule has 3 rings (SSSR count). The van der Waals surface area contributed by atoms with Crippen molar-refractivity contribution in [2.24, 2.45) is 11.3 Å². The molecule has 1 aromatic heterocycles. The van der Waals surface area contributed by atoms with Crippen molar-refractivity contribution in [2.45, 2.75) is 38.5 Å². The summed E-state index contributed by atoms with van der Waals surface area (Å²) in [5.41, 5.74) is 1.71. The van der Waals surface area contributed by atoms with Crippen molar-refractivity contribution in [3.63, 3.8) is 0 Å². The van der Waals surface area contributed by atoms with E-state index in [0.717, 1.165) is 29.7 Å². The number of benzene rings is 1. The Kier molecular flexibility index (Phi) is 6.82. The minimum atomic E-state index is -1.00. The molecular weight excluding hydrogens is 384 g/mol. The maximum atomic E-state index is 12.7. The number of nitrogens with one attached hydrogen (secondary N) is 1. The molecule has 1 aromatic carbocycles. The summed E-state index contributed by atoms with van der Waals surface area (Å²) in [5.74, 6) is -3.14. The predicted molar refractivity (Wildman–Crippen MR) is 111 cm³/mol. The van der Waals surface area contributed by atoms with Crippen molar-refractivity contribution in [1.29, 1.82) is 0 Å². The molecular formula is C23H26N2O5. The third-order valence-corrected chi connectivity index (χ3v) is 5.79. The first-order valence-corrected chi connectivity index (χ1v) is 10.1. The second-order valence-electron chi connectivity index (χ2n) is 7.92. The summed E-state index contributed by atoms with van der Waals surface area (Å²) in [7, 11) is 0. The van der Waals surface area contributed by atoms with Gasteiger partial charge in [0.05, 0.1) is 23.4 Å². The molecule has 30 heavy (non-hydrogen) atoms. The fourth-order valence-corrected chi connectivity index (χ4v) is 4.11. The molecule has 7 nitrogen and oxygen atoms in total. The number of aromatic nitrogens is 1. The van der Waals surface area contributed by atoms with E-state index in [9.17, 15) is 24.6 Å². The quantitative estimate of drug-likeness (QED) is 0.585. The topological polar surface area (TPSA) is 117 Å². The van der Waals surface area contributed by atoms with Gasteiger partial charge in [-0.2, -0.15) is 0 Å². The Morgan fingerprint density at radius 2 is 1.73 bits per heavy atom. The number of hydrogen-bond acceptors (Lipinski definition) is 4. The van der Waals surface area contributed by atoms with Crippen LogP contribution < -0.4 is 5.32 Å². The minimum absolute atomic E-state index is 0.0302. The van der Waals surface area contributed by atoms with Crippen LogP contribution in [0.15, 0.2) is 48.7 Å². The molecule has 2 aromatic rings. The Bertz CT molecular complexity index is 890. The van der Waals surface area contributed by atoms with Gasteiger partial charge in [-0.25, -0.2) is 0 Å². The molecule has 1 unspecified atom stereocenters. The van der Waals surface area contributed by atoms with Crippen LogP contribution in [0.5, 0.6) is 0 Å². The molecule has 1 amide bonds. The Hall–Kier alpha value is -3.22. The third-order valence-electron chi connectivity index (χ3n) is 5.79. The van der Waals surface area contributed by atoms with Gasteiger partial charge < -0.3 is 15.5 Å². The van der Waals surface area contributed by atoms with E-state index in [1.165, 1.54) is 0 Å². The number of amides is 1. The number of carboxylic acid groups (broad SMARTS) is 2. The van der Waals surface area contributed by atoms with E-state index in [4.69, 9.17) is 0 Å². The van der Waals surface area contributed by atoms with Crippen LogP contribution in [0.4, 0.5) is 0 Å².